The van der Waals surface area contributed by atoms with E-state index < -0.39 is 52.5 Å². The second kappa shape index (κ2) is 27.9. The molecular weight excluding hydrogens is 844 g/mol. The van der Waals surface area contributed by atoms with Crippen LogP contribution in [0.3, 0.4) is 0 Å². The molecule has 1 aliphatic heterocycles. The van der Waals surface area contributed by atoms with E-state index in [-0.39, 0.29) is 75.1 Å². The number of nitrogen functional groups attached to an aromatic ring is 1. The van der Waals surface area contributed by atoms with Crippen molar-refractivity contribution in [3.05, 3.63) is 22.2 Å². The van der Waals surface area contributed by atoms with Gasteiger partial charge in [-0.15, -0.1) is 0 Å². The third-order valence-corrected chi connectivity index (χ3v) is 9.56. The van der Waals surface area contributed by atoms with Crippen LogP contribution in [-0.4, -0.2) is 174 Å². The number of hydrogen-bond acceptors (Lipinski definition) is 17. The number of aliphatic hydroxyl groups is 1. The van der Waals surface area contributed by atoms with Crippen LogP contribution in [0.25, 0.3) is 0 Å². The molecule has 25 nitrogen and oxygen atoms in total. The number of aliphatic hydroxyl groups excluding tert-OH is 1. The molecule has 0 saturated carbocycles. The molecule has 0 bridgehead atoms. The number of rotatable bonds is 32. The van der Waals surface area contributed by atoms with Gasteiger partial charge in [-0.3, -0.25) is 32.9 Å². The molecule has 2 heterocycles. The average Bonchev–Trinajstić information content (AvgIpc) is 3.45. The van der Waals surface area contributed by atoms with E-state index in [1.807, 2.05) is 25.9 Å². The summed E-state index contributed by atoms with van der Waals surface area (Å²) in [5.41, 5.74) is 5.20. The maximum Gasteiger partial charge on any atom is 0.470 e. The normalized spacial score (nSPS) is 18.8. The molecule has 2 unspecified atom stereocenters. The fourth-order valence-electron chi connectivity index (χ4n) is 5.63. The van der Waals surface area contributed by atoms with Gasteiger partial charge < -0.3 is 70.0 Å². The number of aryl methyl sites for hydroxylation is 1. The van der Waals surface area contributed by atoms with Gasteiger partial charge in [-0.1, -0.05) is 13.3 Å². The van der Waals surface area contributed by atoms with Gasteiger partial charge in [-0.25, -0.2) is 13.9 Å². The SMILES string of the molecule is CCCC(C(=O)NCCC(=O)NCCOCCOCCOCCOCCC(=O)NCCCc1cn([C@@H]2O[C@H](COP(=O)(O)O)[C@H](OP(=O)(O)O)C2O)c(=O)nc1N)N(C)C. The molecule has 0 spiro atoms. The van der Waals surface area contributed by atoms with Gasteiger partial charge in [-0.05, 0) is 33.4 Å². The standard InChI is InChI=1S/C33H61N7O18P2/c1-4-6-24(39(2)3)31(44)37-11-8-26(41)36-12-14-53-16-18-55-20-19-54-17-15-52-13-9-27(42)35-10-5-7-23-21-40(33(45)38-30(23)34)32-28(43)29(58-60(49,50)51)25(57-32)22-56-59(46,47)48/h21,24-25,28-29,32,43H,4-20,22H2,1-3H3,(H,35,42)(H,36,41)(H,37,44)(H2,34,38,45)(H2,46,47,48)(H2,49,50,51)/t24?,25-,28?,29+,32-/m1/s1. The number of nitrogens with two attached hydrogens (primary N) is 1. The van der Waals surface area contributed by atoms with E-state index in [2.05, 4.69) is 30.0 Å². The van der Waals surface area contributed by atoms with E-state index in [1.54, 1.807) is 0 Å². The minimum atomic E-state index is -5.24. The predicted molar refractivity (Wildman–Crippen MR) is 210 cm³/mol. The highest BCUT2D eigenvalue weighted by atomic mass is 31.2. The second-order valence-electron chi connectivity index (χ2n) is 13.6. The lowest BCUT2D eigenvalue weighted by Gasteiger charge is -2.22. The molecular formula is C33H61N7O18P2. The summed E-state index contributed by atoms with van der Waals surface area (Å²) in [5.74, 6) is -0.697. The lowest BCUT2D eigenvalue weighted by atomic mass is 10.1. The zero-order chi connectivity index (χ0) is 44.7. The topological polar surface area (TPSA) is 351 Å². The Bertz CT molecular complexity index is 1610. The summed E-state index contributed by atoms with van der Waals surface area (Å²) in [6.07, 6.45) is -3.40. The number of carbonyl (C=O) groups excluding carboxylic acids is 3. The number of amides is 3. The molecule has 1 saturated heterocycles. The Labute approximate surface area is 347 Å². The van der Waals surface area contributed by atoms with Crippen molar-refractivity contribution in [1.82, 2.24) is 30.4 Å². The largest absolute Gasteiger partial charge is 0.470 e. The van der Waals surface area contributed by atoms with Crippen molar-refractivity contribution in [1.29, 1.82) is 0 Å². The van der Waals surface area contributed by atoms with Crippen LogP contribution in [0.2, 0.25) is 0 Å². The molecule has 0 aromatic carbocycles. The van der Waals surface area contributed by atoms with Gasteiger partial charge in [0.15, 0.2) is 6.23 Å². The summed E-state index contributed by atoms with van der Waals surface area (Å²) >= 11 is 0. The Morgan fingerprint density at radius 1 is 0.883 bits per heavy atom. The summed E-state index contributed by atoms with van der Waals surface area (Å²) in [7, 11) is -6.59. The minimum Gasteiger partial charge on any atom is -0.386 e. The molecule has 346 valence electrons. The van der Waals surface area contributed by atoms with E-state index in [0.717, 1.165) is 17.4 Å². The first-order valence-corrected chi connectivity index (χ1v) is 22.3. The lowest BCUT2D eigenvalue weighted by molar-refractivity contribution is -0.126. The third kappa shape index (κ3) is 21.7. The maximum atomic E-state index is 12.6. The summed E-state index contributed by atoms with van der Waals surface area (Å²) in [6, 6.07) is -0.213. The lowest BCUT2D eigenvalue weighted by Crippen LogP contribution is -2.44. The Morgan fingerprint density at radius 3 is 2.05 bits per heavy atom. The van der Waals surface area contributed by atoms with Crippen LogP contribution >= 0.6 is 15.6 Å². The first kappa shape index (κ1) is 53.2. The molecule has 3 amide bonds. The number of carbonyl (C=O) groups is 3. The molecule has 1 aromatic heterocycles. The highest BCUT2D eigenvalue weighted by Crippen LogP contribution is 2.45. The van der Waals surface area contributed by atoms with Gasteiger partial charge in [0.1, 0.15) is 24.1 Å². The molecule has 27 heteroatoms. The summed E-state index contributed by atoms with van der Waals surface area (Å²) in [5, 5.41) is 19.0. The monoisotopic (exact) mass is 905 g/mol. The van der Waals surface area contributed by atoms with Crippen molar-refractivity contribution in [2.45, 2.75) is 76.0 Å². The Hall–Kier alpha value is -2.97. The van der Waals surface area contributed by atoms with Crippen molar-refractivity contribution in [2.75, 3.05) is 98.9 Å². The molecule has 1 fully saturated rings. The zero-order valence-electron chi connectivity index (χ0n) is 34.0. The van der Waals surface area contributed by atoms with E-state index in [9.17, 15) is 43.2 Å². The van der Waals surface area contributed by atoms with Crippen LogP contribution in [0.1, 0.15) is 50.8 Å². The molecule has 1 aliphatic rings. The van der Waals surface area contributed by atoms with Crippen LogP contribution in [0.15, 0.2) is 11.0 Å². The fraction of sp³-hybridized carbons (Fsp3) is 0.788. The van der Waals surface area contributed by atoms with Gasteiger partial charge in [0.05, 0.1) is 65.5 Å². The number of nitrogens with one attached hydrogen (secondary N) is 3. The molecule has 60 heavy (non-hydrogen) atoms. The number of ether oxygens (including phenoxy) is 5. The highest BCUT2D eigenvalue weighted by Gasteiger charge is 2.49. The number of phosphoric acid groups is 2. The van der Waals surface area contributed by atoms with E-state index in [1.165, 1.54) is 6.20 Å². The second-order valence-corrected chi connectivity index (χ2v) is 16.0. The minimum absolute atomic E-state index is 0.0811. The maximum absolute atomic E-state index is 12.6. The van der Waals surface area contributed by atoms with Crippen LogP contribution in [-0.2, 0) is 62.7 Å². The first-order valence-electron chi connectivity index (χ1n) is 19.3. The van der Waals surface area contributed by atoms with E-state index in [0.29, 0.717) is 58.2 Å². The molecule has 0 aliphatic carbocycles. The van der Waals surface area contributed by atoms with Crippen LogP contribution in [0.5, 0.6) is 0 Å². The van der Waals surface area contributed by atoms with Gasteiger partial charge in [0.25, 0.3) is 0 Å². The Kier molecular flexibility index (Phi) is 24.7. The number of anilines is 1. The van der Waals surface area contributed by atoms with Crippen molar-refractivity contribution in [3.63, 3.8) is 0 Å². The Balaban J connectivity index is 1.53. The van der Waals surface area contributed by atoms with E-state index >= 15 is 0 Å². The molecule has 2 rings (SSSR count). The molecule has 0 radical (unpaired) electrons. The van der Waals surface area contributed by atoms with Gasteiger partial charge >= 0.3 is 21.3 Å². The predicted octanol–water partition coefficient (Wildman–Crippen LogP) is -2.47. The number of likely N-dealkylation sites (N-methyl/N-ethyl adjacent to an activating group) is 1. The summed E-state index contributed by atoms with van der Waals surface area (Å²) in [6.45, 7) is 4.26. The van der Waals surface area contributed by atoms with Gasteiger partial charge in [0.2, 0.25) is 17.7 Å². The zero-order valence-corrected chi connectivity index (χ0v) is 35.8. The highest BCUT2D eigenvalue weighted by molar-refractivity contribution is 7.46. The number of nitrogens with zero attached hydrogens (tertiary/aromatic N) is 3. The molecule has 10 N–H and O–H groups in total. The van der Waals surface area contributed by atoms with Crippen LogP contribution in [0, 0.1) is 0 Å². The number of aromatic nitrogens is 2. The van der Waals surface area contributed by atoms with Gasteiger partial charge in [0, 0.05) is 44.2 Å². The van der Waals surface area contributed by atoms with Crippen molar-refractivity contribution < 1.29 is 80.9 Å². The third-order valence-electron chi connectivity index (χ3n) is 8.55. The smallest absolute Gasteiger partial charge is 0.386 e. The Morgan fingerprint density at radius 2 is 1.47 bits per heavy atom. The van der Waals surface area contributed by atoms with Crippen molar-refractivity contribution in [3.8, 4) is 0 Å². The van der Waals surface area contributed by atoms with Crippen molar-refractivity contribution in [2.24, 2.45) is 0 Å². The quantitative estimate of drug-likeness (QED) is 0.0267. The van der Waals surface area contributed by atoms with Gasteiger partial charge in [-0.2, -0.15) is 4.98 Å². The molecule has 5 atom stereocenters. The van der Waals surface area contributed by atoms with E-state index in [4.69, 9.17) is 39.2 Å². The summed E-state index contributed by atoms with van der Waals surface area (Å²) in [4.78, 5) is 91.2. The average molecular weight is 906 g/mol. The molecule has 1 aromatic rings. The van der Waals surface area contributed by atoms with Crippen LogP contribution < -0.4 is 27.4 Å². The number of hydrogen-bond donors (Lipinski definition) is 9. The van der Waals surface area contributed by atoms with Crippen LogP contribution in [0.4, 0.5) is 5.82 Å². The van der Waals surface area contributed by atoms with Crippen molar-refractivity contribution >= 4 is 39.2 Å². The number of phosphoric ester groups is 2. The fourth-order valence-corrected chi connectivity index (χ4v) is 6.55. The first-order chi connectivity index (χ1) is 28.3. The summed E-state index contributed by atoms with van der Waals surface area (Å²) < 4.78 is 59.5.